The zero-order valence-corrected chi connectivity index (χ0v) is 25.9. The number of aromatic carboxylic acids is 1. The number of nitrogens with zero attached hydrogens (tertiary/aromatic N) is 1. The van der Waals surface area contributed by atoms with E-state index in [9.17, 15) is 28.7 Å². The largest absolute Gasteiger partial charge is 0.475 e. The Hall–Kier alpha value is -3.67. The number of nitrogens with one attached hydrogen (secondary N) is 2. The molecule has 44 heavy (non-hydrogen) atoms. The predicted molar refractivity (Wildman–Crippen MR) is 161 cm³/mol. The molecule has 1 aromatic heterocycles. The molecule has 3 amide bonds. The number of amides is 3. The Balaban J connectivity index is 1.42. The number of alkyl halides is 1. The molecule has 1 aliphatic carbocycles. The van der Waals surface area contributed by atoms with Gasteiger partial charge in [-0.25, -0.2) is 14.0 Å². The average molecular weight is 618 g/mol. The van der Waals surface area contributed by atoms with Crippen molar-refractivity contribution < 1.29 is 42.6 Å². The fourth-order valence-electron chi connectivity index (χ4n) is 6.06. The highest BCUT2D eigenvalue weighted by Gasteiger charge is 2.45. The SMILES string of the molecule is CCCCO[C@H]1CCN(C(=O)[C@H]2CC[C@H]([C@@H](CF)NC(=O)OC(C)(C)C)CC2)[C@@H]1C(=O)Nc1ccc2oc(C(=O)O)cc2c1. The van der Waals surface area contributed by atoms with Crippen LogP contribution in [-0.2, 0) is 19.1 Å². The molecule has 1 aliphatic heterocycles. The minimum Gasteiger partial charge on any atom is -0.475 e. The number of carbonyl (C=O) groups is 4. The Morgan fingerprint density at radius 1 is 1.11 bits per heavy atom. The summed E-state index contributed by atoms with van der Waals surface area (Å²) >= 11 is 0. The number of furan rings is 1. The number of alkyl carbamates (subject to hydrolysis) is 1. The molecule has 1 aromatic carbocycles. The van der Waals surface area contributed by atoms with Crippen LogP contribution in [0.2, 0.25) is 0 Å². The summed E-state index contributed by atoms with van der Waals surface area (Å²) in [7, 11) is 0. The Kier molecular flexibility index (Phi) is 10.9. The quantitative estimate of drug-likeness (QED) is 0.279. The number of carboxylic acids is 1. The molecule has 0 spiro atoms. The Morgan fingerprint density at radius 2 is 1.84 bits per heavy atom. The van der Waals surface area contributed by atoms with Crippen LogP contribution in [-0.4, -0.2) is 77.5 Å². The van der Waals surface area contributed by atoms with E-state index in [1.807, 2.05) is 6.92 Å². The van der Waals surface area contributed by atoms with Crippen molar-refractivity contribution in [2.45, 2.75) is 96.4 Å². The van der Waals surface area contributed by atoms with E-state index in [4.69, 9.17) is 13.9 Å². The number of carboxylic acid groups (broad SMARTS) is 1. The first kappa shape index (κ1) is 33.2. The van der Waals surface area contributed by atoms with Gasteiger partial charge in [-0.2, -0.15) is 0 Å². The number of fused-ring (bicyclic) bond motifs is 1. The highest BCUT2D eigenvalue weighted by Crippen LogP contribution is 2.35. The number of anilines is 1. The van der Waals surface area contributed by atoms with Crippen molar-refractivity contribution in [3.63, 3.8) is 0 Å². The van der Waals surface area contributed by atoms with Crippen molar-refractivity contribution in [2.75, 3.05) is 25.1 Å². The van der Waals surface area contributed by atoms with E-state index in [0.29, 0.717) is 61.9 Å². The highest BCUT2D eigenvalue weighted by atomic mass is 19.1. The maximum absolute atomic E-state index is 13.9. The van der Waals surface area contributed by atoms with Crippen LogP contribution in [0.4, 0.5) is 14.9 Å². The summed E-state index contributed by atoms with van der Waals surface area (Å²) in [5.41, 5.74) is 0.134. The van der Waals surface area contributed by atoms with E-state index in [1.54, 1.807) is 43.9 Å². The van der Waals surface area contributed by atoms with Crippen LogP contribution in [0, 0.1) is 11.8 Å². The molecule has 1 saturated heterocycles. The summed E-state index contributed by atoms with van der Waals surface area (Å²) in [6, 6.07) is 4.70. The first-order valence-corrected chi connectivity index (χ1v) is 15.5. The summed E-state index contributed by atoms with van der Waals surface area (Å²) < 4.78 is 30.6. The molecular weight excluding hydrogens is 573 g/mol. The van der Waals surface area contributed by atoms with Crippen LogP contribution < -0.4 is 10.6 Å². The van der Waals surface area contributed by atoms with Gasteiger partial charge >= 0.3 is 12.1 Å². The van der Waals surface area contributed by atoms with E-state index in [1.165, 1.54) is 6.07 Å². The lowest BCUT2D eigenvalue weighted by atomic mass is 9.78. The number of likely N-dealkylation sites (tertiary alicyclic amines) is 1. The molecule has 1 saturated carbocycles. The molecule has 0 radical (unpaired) electrons. The minimum absolute atomic E-state index is 0.126. The van der Waals surface area contributed by atoms with Gasteiger partial charge in [0.15, 0.2) is 0 Å². The standard InChI is InChI=1S/C32H44FN3O8/c1-5-6-15-42-25-13-14-36(27(25)28(37)34-22-11-12-24-21(16-22)17-26(43-24)30(39)40)29(38)20-9-7-19(8-10-20)23(18-33)35-31(41)44-32(2,3)4/h11-12,16-17,19-20,23,25,27H,5-10,13-15,18H2,1-4H3,(H,34,37)(H,35,41)(H,39,40)/t19-,20-,23-,25+,27+/m1/s1. The molecule has 242 valence electrons. The Bertz CT molecular complexity index is 1330. The van der Waals surface area contributed by atoms with Gasteiger partial charge in [-0.05, 0) is 89.5 Å². The van der Waals surface area contributed by atoms with Gasteiger partial charge in [0.05, 0.1) is 12.1 Å². The van der Waals surface area contributed by atoms with Gasteiger partial charge in [0.1, 0.15) is 23.9 Å². The molecule has 2 heterocycles. The minimum atomic E-state index is -1.19. The van der Waals surface area contributed by atoms with Crippen LogP contribution >= 0.6 is 0 Å². The zero-order valence-electron chi connectivity index (χ0n) is 25.9. The van der Waals surface area contributed by atoms with Crippen LogP contribution in [0.3, 0.4) is 0 Å². The lowest BCUT2D eigenvalue weighted by Gasteiger charge is -2.35. The fourth-order valence-corrected chi connectivity index (χ4v) is 6.06. The molecule has 2 fully saturated rings. The van der Waals surface area contributed by atoms with E-state index in [0.717, 1.165) is 12.8 Å². The van der Waals surface area contributed by atoms with E-state index >= 15 is 0 Å². The summed E-state index contributed by atoms with van der Waals surface area (Å²) in [5.74, 6) is -2.35. The molecule has 0 bridgehead atoms. The highest BCUT2D eigenvalue weighted by molar-refractivity contribution is 6.00. The molecule has 0 unspecified atom stereocenters. The topological polar surface area (TPSA) is 147 Å². The zero-order chi connectivity index (χ0) is 32.0. The van der Waals surface area contributed by atoms with E-state index in [-0.39, 0.29) is 29.4 Å². The average Bonchev–Trinajstić information content (AvgIpc) is 3.59. The van der Waals surface area contributed by atoms with E-state index < -0.39 is 42.5 Å². The fraction of sp³-hybridized carbons (Fsp3) is 0.625. The summed E-state index contributed by atoms with van der Waals surface area (Å²) in [6.07, 6.45) is 3.32. The second-order valence-electron chi connectivity index (χ2n) is 12.7. The summed E-state index contributed by atoms with van der Waals surface area (Å²) in [5, 5.41) is 15.3. The molecular formula is C32H44FN3O8. The van der Waals surface area contributed by atoms with Crippen molar-refractivity contribution in [1.82, 2.24) is 10.2 Å². The smallest absolute Gasteiger partial charge is 0.407 e. The van der Waals surface area contributed by atoms with Crippen molar-refractivity contribution >= 4 is 40.5 Å². The molecule has 2 aromatic rings. The van der Waals surface area contributed by atoms with Crippen LogP contribution in [0.5, 0.6) is 0 Å². The van der Waals surface area contributed by atoms with E-state index in [2.05, 4.69) is 10.6 Å². The maximum Gasteiger partial charge on any atom is 0.407 e. The normalized spacial score (nSPS) is 22.9. The maximum atomic E-state index is 13.9. The van der Waals surface area contributed by atoms with Crippen molar-refractivity contribution in [3.8, 4) is 0 Å². The lowest BCUT2D eigenvalue weighted by Crippen LogP contribution is -2.51. The number of rotatable bonds is 11. The van der Waals surface area contributed by atoms with Gasteiger partial charge in [-0.3, -0.25) is 9.59 Å². The van der Waals surface area contributed by atoms with Crippen molar-refractivity contribution in [1.29, 1.82) is 0 Å². The van der Waals surface area contributed by atoms with Gasteiger partial charge in [0.2, 0.25) is 17.6 Å². The lowest BCUT2D eigenvalue weighted by molar-refractivity contribution is -0.143. The van der Waals surface area contributed by atoms with Gasteiger partial charge in [0.25, 0.3) is 0 Å². The third kappa shape index (κ3) is 8.28. The number of benzene rings is 1. The van der Waals surface area contributed by atoms with Crippen LogP contribution in [0.15, 0.2) is 28.7 Å². The Morgan fingerprint density at radius 3 is 2.48 bits per heavy atom. The number of ether oxygens (including phenoxy) is 2. The second kappa shape index (κ2) is 14.4. The predicted octanol–water partition coefficient (Wildman–Crippen LogP) is 5.52. The third-order valence-corrected chi connectivity index (χ3v) is 8.28. The number of halogens is 1. The van der Waals surface area contributed by atoms with Gasteiger partial charge < -0.3 is 34.5 Å². The first-order valence-electron chi connectivity index (χ1n) is 15.5. The molecule has 12 heteroatoms. The number of carbonyl (C=O) groups excluding carboxylic acids is 3. The monoisotopic (exact) mass is 617 g/mol. The number of hydrogen-bond acceptors (Lipinski definition) is 7. The summed E-state index contributed by atoms with van der Waals surface area (Å²) in [4.78, 5) is 52.6. The second-order valence-corrected chi connectivity index (χ2v) is 12.7. The molecule has 11 nitrogen and oxygen atoms in total. The molecule has 4 rings (SSSR count). The van der Waals surface area contributed by atoms with Crippen molar-refractivity contribution in [2.24, 2.45) is 11.8 Å². The number of unbranched alkanes of at least 4 members (excludes halogenated alkanes) is 1. The molecule has 3 N–H and O–H groups in total. The Labute approximate surface area is 256 Å². The molecule has 3 atom stereocenters. The van der Waals surface area contributed by atoms with Crippen LogP contribution in [0.1, 0.15) is 83.2 Å². The van der Waals surface area contributed by atoms with Gasteiger partial charge in [-0.1, -0.05) is 13.3 Å². The first-order chi connectivity index (χ1) is 20.9. The third-order valence-electron chi connectivity index (χ3n) is 8.28. The van der Waals surface area contributed by atoms with Crippen molar-refractivity contribution in [3.05, 3.63) is 30.0 Å². The van der Waals surface area contributed by atoms with Gasteiger partial charge in [-0.15, -0.1) is 0 Å². The van der Waals surface area contributed by atoms with Gasteiger partial charge in [0, 0.05) is 30.1 Å². The molecule has 2 aliphatic rings. The van der Waals surface area contributed by atoms with Crippen LogP contribution in [0.25, 0.3) is 11.0 Å². The number of hydrogen-bond donors (Lipinski definition) is 3. The summed E-state index contributed by atoms with van der Waals surface area (Å²) in [6.45, 7) is 7.41.